The van der Waals surface area contributed by atoms with Gasteiger partial charge in [-0.3, -0.25) is 14.9 Å². The lowest BCUT2D eigenvalue weighted by molar-refractivity contribution is -0.384. The number of amides is 1. The Morgan fingerprint density at radius 3 is 2.50 bits per heavy atom. The molecule has 10 heteroatoms. The molecule has 0 fully saturated rings. The zero-order chi connectivity index (χ0) is 18.1. The van der Waals surface area contributed by atoms with Gasteiger partial charge in [-0.2, -0.15) is 0 Å². The van der Waals surface area contributed by atoms with Gasteiger partial charge >= 0.3 is 0 Å². The number of nitro benzene ring substituents is 1. The lowest BCUT2D eigenvalue weighted by Crippen LogP contribution is -2.14. The predicted octanol–water partition coefficient (Wildman–Crippen LogP) is 3.04. The molecule has 0 unspecified atom stereocenters. The molecule has 0 aromatic heterocycles. The number of anilines is 1. The average Bonchev–Trinajstić information content (AvgIpc) is 2.48. The van der Waals surface area contributed by atoms with E-state index in [0.29, 0.717) is 0 Å². The Bertz CT molecular complexity index is 946. The van der Waals surface area contributed by atoms with Crippen LogP contribution in [0.3, 0.4) is 0 Å². The summed E-state index contributed by atoms with van der Waals surface area (Å²) in [6, 6.07) is 6.26. The van der Waals surface area contributed by atoms with Gasteiger partial charge in [0.1, 0.15) is 10.8 Å². The van der Waals surface area contributed by atoms with Crippen LogP contribution in [0.2, 0.25) is 5.02 Å². The van der Waals surface area contributed by atoms with Gasteiger partial charge in [0.25, 0.3) is 11.6 Å². The molecule has 0 saturated heterocycles. The van der Waals surface area contributed by atoms with Crippen molar-refractivity contribution in [2.75, 3.05) is 11.6 Å². The normalized spacial score (nSPS) is 11.1. The summed E-state index contributed by atoms with van der Waals surface area (Å²) < 4.78 is 36.7. The SMILES string of the molecule is CS(=O)(=O)c1ccc(F)c(NC(=O)c2ccc(Cl)c([N+](=O)[O-])c2)c1. The molecule has 0 heterocycles. The number of halogens is 2. The lowest BCUT2D eigenvalue weighted by atomic mass is 10.2. The number of carbonyl (C=O) groups excluding carboxylic acids is 1. The highest BCUT2D eigenvalue weighted by Crippen LogP contribution is 2.26. The Morgan fingerprint density at radius 2 is 1.92 bits per heavy atom. The summed E-state index contributed by atoms with van der Waals surface area (Å²) in [5.41, 5.74) is -0.967. The van der Waals surface area contributed by atoms with E-state index in [-0.39, 0.29) is 21.2 Å². The fourth-order valence-corrected chi connectivity index (χ4v) is 2.65. The molecule has 0 bridgehead atoms. The van der Waals surface area contributed by atoms with Crippen LogP contribution in [0.15, 0.2) is 41.3 Å². The van der Waals surface area contributed by atoms with Crippen molar-refractivity contribution in [2.45, 2.75) is 4.90 Å². The second kappa shape index (κ2) is 6.54. The maximum absolute atomic E-state index is 13.8. The van der Waals surface area contributed by atoms with Gasteiger partial charge in [-0.15, -0.1) is 0 Å². The molecule has 126 valence electrons. The molecule has 0 aliphatic heterocycles. The molecule has 2 aromatic rings. The number of hydrogen-bond donors (Lipinski definition) is 1. The molecule has 1 amide bonds. The number of carbonyl (C=O) groups is 1. The van der Waals surface area contributed by atoms with Crippen molar-refractivity contribution in [2.24, 2.45) is 0 Å². The zero-order valence-electron chi connectivity index (χ0n) is 12.1. The highest BCUT2D eigenvalue weighted by Gasteiger charge is 2.18. The molecule has 0 radical (unpaired) electrons. The lowest BCUT2D eigenvalue weighted by Gasteiger charge is -2.08. The molecule has 1 N–H and O–H groups in total. The minimum Gasteiger partial charge on any atom is -0.319 e. The predicted molar refractivity (Wildman–Crippen MR) is 85.6 cm³/mol. The Morgan fingerprint density at radius 1 is 1.25 bits per heavy atom. The highest BCUT2D eigenvalue weighted by molar-refractivity contribution is 7.90. The summed E-state index contributed by atoms with van der Waals surface area (Å²) in [5.74, 6) is -1.70. The van der Waals surface area contributed by atoms with E-state index < -0.39 is 32.2 Å². The first-order valence-corrected chi connectivity index (χ1v) is 8.61. The topological polar surface area (TPSA) is 106 Å². The van der Waals surface area contributed by atoms with Crippen LogP contribution in [0.5, 0.6) is 0 Å². The second-order valence-corrected chi connectivity index (χ2v) is 7.21. The molecule has 24 heavy (non-hydrogen) atoms. The van der Waals surface area contributed by atoms with Gasteiger partial charge in [0.15, 0.2) is 9.84 Å². The van der Waals surface area contributed by atoms with Gasteiger partial charge in [0, 0.05) is 17.9 Å². The Balaban J connectivity index is 2.37. The van der Waals surface area contributed by atoms with Crippen LogP contribution in [0.4, 0.5) is 15.8 Å². The number of hydrogen-bond acceptors (Lipinski definition) is 5. The van der Waals surface area contributed by atoms with Crippen LogP contribution in [0.25, 0.3) is 0 Å². The number of nitrogens with one attached hydrogen (secondary N) is 1. The molecule has 0 atom stereocenters. The molecule has 0 saturated carbocycles. The molecule has 0 spiro atoms. The van der Waals surface area contributed by atoms with Crippen LogP contribution in [0.1, 0.15) is 10.4 Å². The molecule has 2 rings (SSSR count). The summed E-state index contributed by atoms with van der Waals surface area (Å²) in [6.45, 7) is 0. The van der Waals surface area contributed by atoms with Crippen LogP contribution >= 0.6 is 11.6 Å². The molecule has 7 nitrogen and oxygen atoms in total. The fraction of sp³-hybridized carbons (Fsp3) is 0.0714. The monoisotopic (exact) mass is 372 g/mol. The first kappa shape index (κ1) is 17.8. The minimum absolute atomic E-state index is 0.129. The van der Waals surface area contributed by atoms with Crippen molar-refractivity contribution in [1.29, 1.82) is 0 Å². The molecule has 0 aliphatic carbocycles. The minimum atomic E-state index is -3.59. The smallest absolute Gasteiger partial charge is 0.288 e. The van der Waals surface area contributed by atoms with E-state index in [0.717, 1.165) is 36.6 Å². The summed E-state index contributed by atoms with van der Waals surface area (Å²) in [7, 11) is -3.59. The fourth-order valence-electron chi connectivity index (χ4n) is 1.82. The van der Waals surface area contributed by atoms with Gasteiger partial charge in [-0.1, -0.05) is 11.6 Å². The molecular weight excluding hydrogens is 363 g/mol. The van der Waals surface area contributed by atoms with E-state index in [4.69, 9.17) is 11.6 Å². The van der Waals surface area contributed by atoms with E-state index in [1.807, 2.05) is 0 Å². The van der Waals surface area contributed by atoms with Crippen LogP contribution in [-0.2, 0) is 9.84 Å². The van der Waals surface area contributed by atoms with Gasteiger partial charge in [0.05, 0.1) is 15.5 Å². The summed E-state index contributed by atoms with van der Waals surface area (Å²) in [5, 5.41) is 12.9. The molecule has 0 aliphatic rings. The van der Waals surface area contributed by atoms with Crippen LogP contribution in [0, 0.1) is 15.9 Å². The quantitative estimate of drug-likeness (QED) is 0.504. The average molecular weight is 373 g/mol. The van der Waals surface area contributed by atoms with Crippen molar-refractivity contribution in [3.8, 4) is 0 Å². The van der Waals surface area contributed by atoms with Crippen molar-refractivity contribution in [3.05, 3.63) is 62.9 Å². The van der Waals surface area contributed by atoms with E-state index >= 15 is 0 Å². The van der Waals surface area contributed by atoms with Crippen molar-refractivity contribution >= 4 is 38.7 Å². The van der Waals surface area contributed by atoms with Gasteiger partial charge in [-0.25, -0.2) is 12.8 Å². The van der Waals surface area contributed by atoms with Crippen molar-refractivity contribution < 1.29 is 22.5 Å². The summed E-state index contributed by atoms with van der Waals surface area (Å²) in [6.07, 6.45) is 0.939. The van der Waals surface area contributed by atoms with Crippen molar-refractivity contribution in [3.63, 3.8) is 0 Å². The number of nitrogens with zero attached hydrogens (tertiary/aromatic N) is 1. The first-order valence-electron chi connectivity index (χ1n) is 6.34. The molecule has 2 aromatic carbocycles. The largest absolute Gasteiger partial charge is 0.319 e. The first-order chi connectivity index (χ1) is 11.1. The number of rotatable bonds is 4. The third kappa shape index (κ3) is 3.87. The van der Waals surface area contributed by atoms with Gasteiger partial charge in [-0.05, 0) is 30.3 Å². The maximum atomic E-state index is 13.8. The maximum Gasteiger partial charge on any atom is 0.288 e. The zero-order valence-corrected chi connectivity index (χ0v) is 13.7. The van der Waals surface area contributed by atoms with Crippen molar-refractivity contribution in [1.82, 2.24) is 0 Å². The number of sulfone groups is 1. The Kier molecular flexibility index (Phi) is 4.86. The van der Waals surface area contributed by atoms with Crippen LogP contribution in [-0.4, -0.2) is 25.5 Å². The summed E-state index contributed by atoms with van der Waals surface area (Å²) in [4.78, 5) is 22.0. The molecular formula is C14H10ClFN2O5S. The van der Waals surface area contributed by atoms with E-state index in [1.165, 1.54) is 6.07 Å². The van der Waals surface area contributed by atoms with E-state index in [1.54, 1.807) is 0 Å². The standard InChI is InChI=1S/C14H10ClFN2O5S/c1-24(22,23)9-3-5-11(16)12(7-9)17-14(19)8-2-4-10(15)13(6-8)18(20)21/h2-7H,1H3,(H,17,19). The number of nitro groups is 1. The summed E-state index contributed by atoms with van der Waals surface area (Å²) >= 11 is 5.65. The van der Waals surface area contributed by atoms with Gasteiger partial charge in [0.2, 0.25) is 0 Å². The Labute approximate surface area is 141 Å². The van der Waals surface area contributed by atoms with Gasteiger partial charge < -0.3 is 5.32 Å². The highest BCUT2D eigenvalue weighted by atomic mass is 35.5. The second-order valence-electron chi connectivity index (χ2n) is 4.79. The van der Waals surface area contributed by atoms with E-state index in [2.05, 4.69) is 5.32 Å². The third-order valence-electron chi connectivity index (χ3n) is 3.02. The van der Waals surface area contributed by atoms with E-state index in [9.17, 15) is 27.7 Å². The number of benzene rings is 2. The Hall–Kier alpha value is -2.52. The van der Waals surface area contributed by atoms with Crippen LogP contribution < -0.4 is 5.32 Å². The third-order valence-corrected chi connectivity index (χ3v) is 4.45.